The van der Waals surface area contributed by atoms with Crippen LogP contribution in [-0.4, -0.2) is 50.6 Å². The number of likely N-dealkylation sites (N-methyl/N-ethyl adjacent to an activating group) is 1. The van der Waals surface area contributed by atoms with Crippen molar-refractivity contribution < 1.29 is 24.5 Å². The van der Waals surface area contributed by atoms with Gasteiger partial charge in [-0.25, -0.2) is 0 Å². The average molecular weight is 472 g/mol. The summed E-state index contributed by atoms with van der Waals surface area (Å²) in [6, 6.07) is 6.69. The number of benzene rings is 2. The first-order chi connectivity index (χ1) is 15.2. The number of aromatic amines is 1. The minimum Gasteiger partial charge on any atom is -0.506 e. The number of aromatic nitrogens is 2. The number of ether oxygens (including phenoxy) is 1. The van der Waals surface area contributed by atoms with Crippen molar-refractivity contribution in [3.05, 3.63) is 45.9 Å². The molecule has 0 bridgehead atoms. The second-order valence-corrected chi connectivity index (χ2v) is 8.85. The predicted molar refractivity (Wildman–Crippen MR) is 118 cm³/mol. The number of likely N-dealkylation sites (tertiary alicyclic amines) is 1. The fraction of sp³-hybridized carbons (Fsp3) is 0.182. The van der Waals surface area contributed by atoms with E-state index in [1.807, 2.05) is 0 Å². The summed E-state index contributed by atoms with van der Waals surface area (Å²) in [7, 11) is 2.80. The first-order valence-electron chi connectivity index (χ1n) is 9.67. The molecular formula is C22H15Cl2N3O5. The quantitative estimate of drug-likeness (QED) is 0.368. The number of aromatic hydroxyl groups is 1. The number of nitrogens with one attached hydrogen (secondary N) is 1. The van der Waals surface area contributed by atoms with Crippen LogP contribution in [0.4, 0.5) is 0 Å². The topological polar surface area (TPSA) is 108 Å². The van der Waals surface area contributed by atoms with Gasteiger partial charge in [0.05, 0.1) is 23.3 Å². The van der Waals surface area contributed by atoms with Gasteiger partial charge in [0.1, 0.15) is 11.4 Å². The molecule has 32 heavy (non-hydrogen) atoms. The molecule has 2 aromatic heterocycles. The van der Waals surface area contributed by atoms with E-state index in [0.29, 0.717) is 44.0 Å². The molecule has 0 radical (unpaired) electrons. The first kappa shape index (κ1) is 19.5. The molecule has 2 atom stereocenters. The molecule has 2 aliphatic rings. The SMILES string of the molecule is COc1c2n(c3cc(Cl)c(O)cc13)C1C(=O)N(C)C(=O)[C@]1(O)c1c-2[nH]c2ccc(Cl)cc12. The summed E-state index contributed by atoms with van der Waals surface area (Å²) in [6.45, 7) is 0. The summed E-state index contributed by atoms with van der Waals surface area (Å²) in [6.07, 6.45) is 0. The molecule has 8 nitrogen and oxygen atoms in total. The monoisotopic (exact) mass is 471 g/mol. The number of H-pyrrole nitrogens is 1. The van der Waals surface area contributed by atoms with Crippen LogP contribution in [0, 0.1) is 0 Å². The second-order valence-electron chi connectivity index (χ2n) is 8.01. The molecule has 6 rings (SSSR count). The molecule has 2 amide bonds. The molecule has 2 aliphatic heterocycles. The van der Waals surface area contributed by atoms with Crippen LogP contribution < -0.4 is 4.74 Å². The molecule has 3 N–H and O–H groups in total. The molecule has 4 heterocycles. The fourth-order valence-electron chi connectivity index (χ4n) is 5.11. The third-order valence-corrected chi connectivity index (χ3v) is 6.99. The van der Waals surface area contributed by atoms with Gasteiger partial charge >= 0.3 is 0 Å². The van der Waals surface area contributed by atoms with Crippen molar-refractivity contribution in [1.82, 2.24) is 14.5 Å². The van der Waals surface area contributed by atoms with E-state index in [4.69, 9.17) is 27.9 Å². The van der Waals surface area contributed by atoms with E-state index >= 15 is 0 Å². The zero-order chi connectivity index (χ0) is 22.7. The van der Waals surface area contributed by atoms with Crippen molar-refractivity contribution in [2.75, 3.05) is 14.2 Å². The van der Waals surface area contributed by atoms with E-state index in [-0.39, 0.29) is 16.3 Å². The van der Waals surface area contributed by atoms with Gasteiger partial charge in [-0.05, 0) is 30.3 Å². The first-order valence-corrected chi connectivity index (χ1v) is 10.4. The van der Waals surface area contributed by atoms with Gasteiger partial charge in [0.2, 0.25) is 5.60 Å². The second kappa shape index (κ2) is 5.98. The molecule has 4 aromatic rings. The number of fused-ring (bicyclic) bond motifs is 10. The van der Waals surface area contributed by atoms with Crippen LogP contribution >= 0.6 is 23.2 Å². The lowest BCUT2D eigenvalue weighted by atomic mass is 9.82. The summed E-state index contributed by atoms with van der Waals surface area (Å²) in [5.74, 6) is -1.12. The van der Waals surface area contributed by atoms with E-state index in [0.717, 1.165) is 4.90 Å². The Morgan fingerprint density at radius 3 is 2.62 bits per heavy atom. The zero-order valence-electron chi connectivity index (χ0n) is 16.7. The van der Waals surface area contributed by atoms with Crippen LogP contribution in [0.1, 0.15) is 11.6 Å². The van der Waals surface area contributed by atoms with Crippen molar-refractivity contribution in [3.63, 3.8) is 0 Å². The lowest BCUT2D eigenvalue weighted by Crippen LogP contribution is -2.43. The van der Waals surface area contributed by atoms with Crippen LogP contribution in [-0.2, 0) is 15.2 Å². The highest BCUT2D eigenvalue weighted by Crippen LogP contribution is 2.58. The summed E-state index contributed by atoms with van der Waals surface area (Å²) >= 11 is 12.4. The minimum absolute atomic E-state index is 0.0587. The number of carbonyl (C=O) groups is 2. The maximum absolute atomic E-state index is 13.3. The predicted octanol–water partition coefficient (Wildman–Crippen LogP) is 3.55. The van der Waals surface area contributed by atoms with Gasteiger partial charge in [0, 0.05) is 33.9 Å². The molecule has 0 spiro atoms. The number of imide groups is 1. The van der Waals surface area contributed by atoms with Crippen molar-refractivity contribution >= 4 is 56.8 Å². The molecule has 0 saturated carbocycles. The minimum atomic E-state index is -2.18. The van der Waals surface area contributed by atoms with Crippen LogP contribution in [0.5, 0.6) is 11.5 Å². The third-order valence-electron chi connectivity index (χ3n) is 6.46. The third kappa shape index (κ3) is 2.03. The molecule has 1 saturated heterocycles. The van der Waals surface area contributed by atoms with Gasteiger partial charge in [0.15, 0.2) is 11.8 Å². The highest BCUT2D eigenvalue weighted by Gasteiger charge is 2.64. The maximum atomic E-state index is 13.3. The number of halogens is 2. The van der Waals surface area contributed by atoms with Crippen molar-refractivity contribution in [3.8, 4) is 22.9 Å². The van der Waals surface area contributed by atoms with E-state index in [9.17, 15) is 19.8 Å². The maximum Gasteiger partial charge on any atom is 0.268 e. The number of phenolic OH excluding ortho intramolecular Hbond substituents is 1. The normalized spacial score (nSPS) is 21.9. The number of phenols is 1. The Hall–Kier alpha value is -3.20. The van der Waals surface area contributed by atoms with Crippen molar-refractivity contribution in [2.45, 2.75) is 11.6 Å². The van der Waals surface area contributed by atoms with Gasteiger partial charge in [-0.2, -0.15) is 0 Å². The Balaban J connectivity index is 1.88. The number of rotatable bonds is 1. The number of aliphatic hydroxyl groups is 1. The number of carbonyl (C=O) groups excluding carboxylic acids is 2. The van der Waals surface area contributed by atoms with Gasteiger partial charge in [-0.15, -0.1) is 0 Å². The number of amides is 2. The number of hydrogen-bond donors (Lipinski definition) is 3. The van der Waals surface area contributed by atoms with Crippen molar-refractivity contribution in [1.29, 1.82) is 0 Å². The molecule has 2 aromatic carbocycles. The Morgan fingerprint density at radius 1 is 1.16 bits per heavy atom. The lowest BCUT2D eigenvalue weighted by molar-refractivity contribution is -0.145. The Morgan fingerprint density at radius 2 is 1.91 bits per heavy atom. The summed E-state index contributed by atoms with van der Waals surface area (Å²) in [4.78, 5) is 30.8. The highest BCUT2D eigenvalue weighted by molar-refractivity contribution is 6.33. The largest absolute Gasteiger partial charge is 0.506 e. The Kier molecular flexibility index (Phi) is 3.64. The molecule has 10 heteroatoms. The zero-order valence-corrected chi connectivity index (χ0v) is 18.2. The van der Waals surface area contributed by atoms with Crippen LogP contribution in [0.15, 0.2) is 30.3 Å². The van der Waals surface area contributed by atoms with Crippen molar-refractivity contribution in [2.24, 2.45) is 0 Å². The van der Waals surface area contributed by atoms with Gasteiger partial charge < -0.3 is 24.5 Å². The van der Waals surface area contributed by atoms with Crippen LogP contribution in [0.2, 0.25) is 10.0 Å². The van der Waals surface area contributed by atoms with Gasteiger partial charge in [-0.3, -0.25) is 14.5 Å². The summed E-state index contributed by atoms with van der Waals surface area (Å²) in [5, 5.41) is 23.6. The highest BCUT2D eigenvalue weighted by atomic mass is 35.5. The Labute approximate surface area is 190 Å². The number of methoxy groups -OCH3 is 1. The van der Waals surface area contributed by atoms with E-state index in [1.54, 1.807) is 22.8 Å². The molecular weight excluding hydrogens is 457 g/mol. The van der Waals surface area contributed by atoms with Gasteiger partial charge in [0.25, 0.3) is 11.8 Å². The number of nitrogens with zero attached hydrogens (tertiary/aromatic N) is 2. The summed E-state index contributed by atoms with van der Waals surface area (Å²) < 4.78 is 7.25. The van der Waals surface area contributed by atoms with E-state index < -0.39 is 23.5 Å². The molecule has 1 unspecified atom stereocenters. The summed E-state index contributed by atoms with van der Waals surface area (Å²) in [5.41, 5.74) is 0.00792. The fourth-order valence-corrected chi connectivity index (χ4v) is 5.44. The molecule has 1 fully saturated rings. The number of hydrogen-bond acceptors (Lipinski definition) is 5. The molecule has 162 valence electrons. The Bertz CT molecular complexity index is 1540. The van der Waals surface area contributed by atoms with Crippen LogP contribution in [0.25, 0.3) is 33.2 Å². The average Bonchev–Trinajstić information content (AvgIpc) is 3.33. The smallest absolute Gasteiger partial charge is 0.268 e. The molecule has 0 aliphatic carbocycles. The lowest BCUT2D eigenvalue weighted by Gasteiger charge is -2.33. The van der Waals surface area contributed by atoms with E-state index in [1.165, 1.54) is 26.3 Å². The standard InChI is InChI=1S/C22H15Cl2N3O5/c1-26-20(29)19-22(31,21(26)30)15-9-5-8(23)3-4-12(9)25-16(15)17-18(32-2)10-6-14(28)11(24)7-13(10)27(17)19/h3-7,19,25,28,31H,1-2H3/t19?,22-/m0/s1. The van der Waals surface area contributed by atoms with E-state index in [2.05, 4.69) is 4.98 Å². The van der Waals surface area contributed by atoms with Gasteiger partial charge in [-0.1, -0.05) is 23.2 Å². The van der Waals surface area contributed by atoms with Crippen LogP contribution in [0.3, 0.4) is 0 Å².